The van der Waals surface area contributed by atoms with E-state index in [1.54, 1.807) is 0 Å². The summed E-state index contributed by atoms with van der Waals surface area (Å²) < 4.78 is 0. The van der Waals surface area contributed by atoms with E-state index in [-0.39, 0.29) is 11.8 Å². The van der Waals surface area contributed by atoms with Gasteiger partial charge in [-0.3, -0.25) is 4.79 Å². The number of aliphatic carboxylic acids is 1. The molecule has 0 heterocycles. The Hall–Kier alpha value is -1.84. The van der Waals surface area contributed by atoms with E-state index in [0.717, 1.165) is 5.56 Å². The summed E-state index contributed by atoms with van der Waals surface area (Å²) in [5, 5.41) is 11.7. The van der Waals surface area contributed by atoms with Crippen LogP contribution in [0.2, 0.25) is 0 Å². The lowest BCUT2D eigenvalue weighted by molar-refractivity contribution is -0.142. The first-order valence-electron chi connectivity index (χ1n) is 6.55. The first kappa shape index (κ1) is 15.2. The lowest BCUT2D eigenvalue weighted by Crippen LogP contribution is -2.41. The van der Waals surface area contributed by atoms with Crippen molar-refractivity contribution in [1.82, 2.24) is 5.32 Å². The van der Waals surface area contributed by atoms with Gasteiger partial charge in [0.1, 0.15) is 6.04 Å². The van der Waals surface area contributed by atoms with E-state index >= 15 is 0 Å². The van der Waals surface area contributed by atoms with Crippen LogP contribution in [0.4, 0.5) is 0 Å². The molecule has 104 valence electrons. The van der Waals surface area contributed by atoms with Crippen LogP contribution >= 0.6 is 0 Å². The quantitative estimate of drug-likeness (QED) is 0.792. The van der Waals surface area contributed by atoms with Gasteiger partial charge in [0.15, 0.2) is 0 Å². The normalized spacial score (nSPS) is 12.2. The smallest absolute Gasteiger partial charge is 0.326 e. The maximum absolute atomic E-state index is 11.6. The molecule has 0 spiro atoms. The summed E-state index contributed by atoms with van der Waals surface area (Å²) in [4.78, 5) is 22.7. The van der Waals surface area contributed by atoms with Crippen LogP contribution < -0.4 is 5.32 Å². The molecule has 0 saturated heterocycles. The number of carboxylic acids is 1. The molecule has 0 aliphatic heterocycles. The number of hydrogen-bond donors (Lipinski definition) is 2. The molecule has 0 aliphatic rings. The highest BCUT2D eigenvalue weighted by Gasteiger charge is 2.19. The zero-order valence-corrected chi connectivity index (χ0v) is 11.4. The van der Waals surface area contributed by atoms with Crippen molar-refractivity contribution in [3.05, 3.63) is 35.9 Å². The molecule has 0 saturated carbocycles. The second-order valence-corrected chi connectivity index (χ2v) is 5.08. The molecule has 4 nitrogen and oxygen atoms in total. The van der Waals surface area contributed by atoms with Gasteiger partial charge >= 0.3 is 5.97 Å². The Morgan fingerprint density at radius 3 is 2.37 bits per heavy atom. The van der Waals surface area contributed by atoms with E-state index in [2.05, 4.69) is 5.32 Å². The van der Waals surface area contributed by atoms with E-state index in [0.29, 0.717) is 19.3 Å². The lowest BCUT2D eigenvalue weighted by Gasteiger charge is -2.15. The molecule has 0 radical (unpaired) electrons. The fourth-order valence-corrected chi connectivity index (χ4v) is 1.84. The monoisotopic (exact) mass is 263 g/mol. The van der Waals surface area contributed by atoms with Crippen molar-refractivity contribution in [2.75, 3.05) is 0 Å². The number of amides is 1. The molecule has 0 unspecified atom stereocenters. The van der Waals surface area contributed by atoms with Gasteiger partial charge in [0.2, 0.25) is 5.91 Å². The fourth-order valence-electron chi connectivity index (χ4n) is 1.84. The molecule has 0 fully saturated rings. The second-order valence-electron chi connectivity index (χ2n) is 5.08. The first-order chi connectivity index (χ1) is 8.99. The molecule has 19 heavy (non-hydrogen) atoms. The predicted molar refractivity (Wildman–Crippen MR) is 73.8 cm³/mol. The molecular weight excluding hydrogens is 242 g/mol. The van der Waals surface area contributed by atoms with E-state index in [4.69, 9.17) is 5.11 Å². The molecule has 0 aromatic heterocycles. The largest absolute Gasteiger partial charge is 0.480 e. The van der Waals surface area contributed by atoms with Crippen molar-refractivity contribution in [1.29, 1.82) is 0 Å². The summed E-state index contributed by atoms with van der Waals surface area (Å²) in [6.45, 7) is 3.86. The van der Waals surface area contributed by atoms with Crippen LogP contribution in [0.3, 0.4) is 0 Å². The van der Waals surface area contributed by atoms with Gasteiger partial charge in [-0.25, -0.2) is 4.79 Å². The zero-order valence-electron chi connectivity index (χ0n) is 11.4. The van der Waals surface area contributed by atoms with Gasteiger partial charge in [0, 0.05) is 6.42 Å². The average Bonchev–Trinajstić information content (AvgIpc) is 2.34. The Bertz CT molecular complexity index is 415. The number of aryl methyl sites for hydroxylation is 1. The second kappa shape index (κ2) is 7.56. The van der Waals surface area contributed by atoms with Crippen LogP contribution in [0.25, 0.3) is 0 Å². The van der Waals surface area contributed by atoms with Crippen LogP contribution in [0, 0.1) is 5.92 Å². The highest BCUT2D eigenvalue weighted by atomic mass is 16.4. The Morgan fingerprint density at radius 2 is 1.84 bits per heavy atom. The minimum Gasteiger partial charge on any atom is -0.480 e. The minimum absolute atomic E-state index is 0.199. The van der Waals surface area contributed by atoms with E-state index < -0.39 is 12.0 Å². The Balaban J connectivity index is 2.49. The number of benzene rings is 1. The zero-order chi connectivity index (χ0) is 14.3. The Labute approximate surface area is 113 Å². The number of nitrogens with one attached hydrogen (secondary N) is 1. The molecular formula is C15H21NO3. The summed E-state index contributed by atoms with van der Waals surface area (Å²) in [5.41, 5.74) is 1.08. The lowest BCUT2D eigenvalue weighted by atomic mass is 10.0. The summed E-state index contributed by atoms with van der Waals surface area (Å²) in [6.07, 6.45) is 1.40. The van der Waals surface area contributed by atoms with Crippen LogP contribution in [-0.2, 0) is 16.0 Å². The number of rotatable bonds is 7. The molecule has 0 bridgehead atoms. The standard InChI is InChI=1S/C15H21NO3/c1-11(2)10-14(17)16-13(15(18)19)9-8-12-6-4-3-5-7-12/h3-7,11,13H,8-10H2,1-2H3,(H,16,17)(H,18,19)/t13-/m0/s1. The van der Waals surface area contributed by atoms with E-state index in [1.807, 2.05) is 44.2 Å². The Kier molecular flexibility index (Phi) is 6.06. The Morgan fingerprint density at radius 1 is 1.21 bits per heavy atom. The third-order valence-electron chi connectivity index (χ3n) is 2.79. The van der Waals surface area contributed by atoms with Crippen molar-refractivity contribution in [3.8, 4) is 0 Å². The summed E-state index contributed by atoms with van der Waals surface area (Å²) in [6, 6.07) is 8.85. The molecule has 1 amide bonds. The highest BCUT2D eigenvalue weighted by molar-refractivity contribution is 5.83. The molecule has 4 heteroatoms. The van der Waals surface area contributed by atoms with Gasteiger partial charge in [-0.2, -0.15) is 0 Å². The van der Waals surface area contributed by atoms with Crippen LogP contribution in [0.15, 0.2) is 30.3 Å². The van der Waals surface area contributed by atoms with Gasteiger partial charge in [-0.05, 0) is 24.3 Å². The molecule has 1 rings (SSSR count). The van der Waals surface area contributed by atoms with Crippen molar-refractivity contribution in [2.24, 2.45) is 5.92 Å². The van der Waals surface area contributed by atoms with Crippen molar-refractivity contribution in [2.45, 2.75) is 39.2 Å². The van der Waals surface area contributed by atoms with Gasteiger partial charge in [0.25, 0.3) is 0 Å². The summed E-state index contributed by atoms with van der Waals surface area (Å²) >= 11 is 0. The van der Waals surface area contributed by atoms with E-state index in [1.165, 1.54) is 0 Å². The summed E-state index contributed by atoms with van der Waals surface area (Å²) in [7, 11) is 0. The van der Waals surface area contributed by atoms with Crippen LogP contribution in [0.5, 0.6) is 0 Å². The highest BCUT2D eigenvalue weighted by Crippen LogP contribution is 2.06. The third kappa shape index (κ3) is 6.04. The number of carboxylic acid groups (broad SMARTS) is 1. The fraction of sp³-hybridized carbons (Fsp3) is 0.467. The van der Waals surface area contributed by atoms with Crippen molar-refractivity contribution < 1.29 is 14.7 Å². The number of carbonyl (C=O) groups is 2. The van der Waals surface area contributed by atoms with Crippen molar-refractivity contribution in [3.63, 3.8) is 0 Å². The predicted octanol–water partition coefficient (Wildman–Crippen LogP) is 2.23. The minimum atomic E-state index is -0.979. The van der Waals surface area contributed by atoms with Gasteiger partial charge in [0.05, 0.1) is 0 Å². The van der Waals surface area contributed by atoms with Crippen LogP contribution in [-0.4, -0.2) is 23.0 Å². The summed E-state index contributed by atoms with van der Waals surface area (Å²) in [5.74, 6) is -0.952. The van der Waals surface area contributed by atoms with Gasteiger partial charge in [-0.15, -0.1) is 0 Å². The van der Waals surface area contributed by atoms with E-state index in [9.17, 15) is 9.59 Å². The number of carbonyl (C=O) groups excluding carboxylic acids is 1. The van der Waals surface area contributed by atoms with Crippen molar-refractivity contribution >= 4 is 11.9 Å². The maximum Gasteiger partial charge on any atom is 0.326 e. The number of hydrogen-bond acceptors (Lipinski definition) is 2. The topological polar surface area (TPSA) is 66.4 Å². The van der Waals surface area contributed by atoms with Gasteiger partial charge < -0.3 is 10.4 Å². The third-order valence-corrected chi connectivity index (χ3v) is 2.79. The molecule has 1 atom stereocenters. The molecule has 2 N–H and O–H groups in total. The van der Waals surface area contributed by atoms with Crippen LogP contribution in [0.1, 0.15) is 32.3 Å². The van der Waals surface area contributed by atoms with Gasteiger partial charge in [-0.1, -0.05) is 44.2 Å². The first-order valence-corrected chi connectivity index (χ1v) is 6.55. The molecule has 1 aromatic carbocycles. The molecule has 1 aromatic rings. The molecule has 0 aliphatic carbocycles. The average molecular weight is 263 g/mol. The SMILES string of the molecule is CC(C)CC(=O)N[C@@H](CCc1ccccc1)C(=O)O. The maximum atomic E-state index is 11.6.